The van der Waals surface area contributed by atoms with E-state index in [0.29, 0.717) is 88.5 Å². The topological polar surface area (TPSA) is 305 Å². The minimum Gasteiger partial charge on any atom is -0.497 e. The summed E-state index contributed by atoms with van der Waals surface area (Å²) in [6, 6.07) is 12.2. The molecule has 22 nitrogen and oxygen atoms in total. The first-order valence-corrected chi connectivity index (χ1v) is 30.3. The van der Waals surface area contributed by atoms with Crippen molar-refractivity contribution in [3.05, 3.63) is 137 Å². The first kappa shape index (κ1) is 65.2. The summed E-state index contributed by atoms with van der Waals surface area (Å²) < 4.78 is 50.6. The van der Waals surface area contributed by atoms with Gasteiger partial charge < -0.3 is 66.8 Å². The van der Waals surface area contributed by atoms with Gasteiger partial charge >= 0.3 is 0 Å². The van der Waals surface area contributed by atoms with Crippen LogP contribution in [0.1, 0.15) is 98.3 Å². The van der Waals surface area contributed by atoms with Crippen LogP contribution in [0, 0.1) is 11.6 Å². The van der Waals surface area contributed by atoms with Crippen molar-refractivity contribution in [2.24, 2.45) is 0 Å². The van der Waals surface area contributed by atoms with E-state index in [0.717, 1.165) is 10.5 Å². The van der Waals surface area contributed by atoms with Crippen molar-refractivity contribution in [1.82, 2.24) is 57.0 Å². The maximum atomic E-state index is 16.0. The molecule has 478 valence electrons. The van der Waals surface area contributed by atoms with Crippen LogP contribution < -0.4 is 42.0 Å². The third-order valence-corrected chi connectivity index (χ3v) is 17.1. The van der Waals surface area contributed by atoms with Crippen molar-refractivity contribution in [2.75, 3.05) is 33.3 Å². The van der Waals surface area contributed by atoms with E-state index < -0.39 is 126 Å². The number of ether oxygens (including phenoxy) is 1. The molecule has 0 radical (unpaired) electrons. The lowest BCUT2D eigenvalue weighted by Crippen LogP contribution is -2.63. The number of fused-ring (bicyclic) bond motifs is 29. The number of halogens is 3. The van der Waals surface area contributed by atoms with Gasteiger partial charge in [0.15, 0.2) is 0 Å². The van der Waals surface area contributed by atoms with Crippen LogP contribution in [0.5, 0.6) is 5.75 Å². The van der Waals surface area contributed by atoms with Crippen LogP contribution in [-0.4, -0.2) is 165 Å². The Morgan fingerprint density at radius 3 is 2.06 bits per heavy atom. The number of hydrogen-bond donors (Lipinski definition) is 10. The van der Waals surface area contributed by atoms with Crippen LogP contribution in [0.3, 0.4) is 0 Å². The summed E-state index contributed by atoms with van der Waals surface area (Å²) in [7, 11) is 1.48. The predicted octanol–water partition coefficient (Wildman–Crippen LogP) is 3.77. The van der Waals surface area contributed by atoms with Gasteiger partial charge in [0.05, 0.1) is 19.8 Å². The number of aromatic amines is 2. The molecule has 9 amide bonds. The van der Waals surface area contributed by atoms with Gasteiger partial charge in [-0.3, -0.25) is 43.2 Å². The molecule has 0 saturated carbocycles. The van der Waals surface area contributed by atoms with Crippen LogP contribution in [-0.2, 0) is 64.0 Å². The number of methoxy groups -OCH3 is 1. The van der Waals surface area contributed by atoms with E-state index in [1.165, 1.54) is 74.6 Å². The average molecular weight is 1240 g/mol. The summed E-state index contributed by atoms with van der Waals surface area (Å²) in [5.41, 5.74) is 2.02. The Labute approximate surface area is 517 Å². The van der Waals surface area contributed by atoms with Crippen molar-refractivity contribution in [3.8, 4) is 5.75 Å². The molecule has 6 heterocycles. The summed E-state index contributed by atoms with van der Waals surface area (Å²) >= 11 is 0. The summed E-state index contributed by atoms with van der Waals surface area (Å²) in [5.74, 6) is -7.37. The number of amides is 9. The van der Waals surface area contributed by atoms with E-state index in [2.05, 4.69) is 47.2 Å². The second-order valence-corrected chi connectivity index (χ2v) is 23.6. The molecule has 90 heavy (non-hydrogen) atoms. The standard InChI is InChI=1S/C65H76F3N11O11/c1-36-57(82)74-51(28-42-34-71-49-21-17-43(66)30-48(42)49)59(84)75-53(29-41-33-72-50-31-44(67)16-20-47(41)50)62(87)78-35-45(68)32-54(78)60(85)77-56(37(2)80)61(86)76-52(27-39-12-18-46(90-4)19-13-39)63(88)79-26-8-23-65(79,3)64(89)70-25-22-38-10-14-40(15-11-38)58(83)69-24-7-5-6-9-55(81)73-36/h10-21,30-31,33-34,36-37,45,51-54,56,71-72,80H,5-9,22-29,32,35H2,1-4H3,(H,69,83)(H,70,89)(H,73,81)(H,74,82)(H,75,84)(H,76,86)(H,77,85)/t36-,37+,45+,51+,52+,53+,54+,56+,65+/m1/s1. The Balaban J connectivity index is 1.03. The van der Waals surface area contributed by atoms with Crippen molar-refractivity contribution in [2.45, 2.75) is 145 Å². The molecule has 2 bridgehead atoms. The molecular formula is C65H76F3N11O11. The molecular weight excluding hydrogens is 1170 g/mol. The summed E-state index contributed by atoms with van der Waals surface area (Å²) in [5, 5.41) is 31.2. The molecule has 9 atom stereocenters. The second-order valence-electron chi connectivity index (χ2n) is 23.6. The lowest BCUT2D eigenvalue weighted by molar-refractivity contribution is -0.147. The van der Waals surface area contributed by atoms with Gasteiger partial charge in [-0.2, -0.15) is 0 Å². The second kappa shape index (κ2) is 28.9. The van der Waals surface area contributed by atoms with Crippen LogP contribution in [0.2, 0.25) is 0 Å². The lowest BCUT2D eigenvalue weighted by atomic mass is 9.95. The smallest absolute Gasteiger partial charge is 0.251 e. The number of aromatic nitrogens is 2. The van der Waals surface area contributed by atoms with Crippen molar-refractivity contribution in [3.63, 3.8) is 0 Å². The van der Waals surface area contributed by atoms with Crippen molar-refractivity contribution >= 4 is 75.0 Å². The number of aliphatic hydroxyl groups excluding tert-OH is 1. The summed E-state index contributed by atoms with van der Waals surface area (Å²) in [4.78, 5) is 137. The number of nitrogens with zero attached hydrogens (tertiary/aromatic N) is 2. The fourth-order valence-corrected chi connectivity index (χ4v) is 12.0. The van der Waals surface area contributed by atoms with Crippen LogP contribution >= 0.6 is 0 Å². The number of alkyl halides is 1. The molecule has 2 saturated heterocycles. The molecule has 2 fully saturated rings. The quantitative estimate of drug-likeness (QED) is 0.0979. The fourth-order valence-electron chi connectivity index (χ4n) is 12.0. The van der Waals surface area contributed by atoms with Gasteiger partial charge in [-0.15, -0.1) is 0 Å². The summed E-state index contributed by atoms with van der Waals surface area (Å²) in [6.45, 7) is 4.22. The number of hydrogen-bond acceptors (Lipinski definition) is 11. The zero-order valence-electron chi connectivity index (χ0n) is 50.5. The normalized spacial score (nSPS) is 24.9. The molecule has 4 aliphatic rings. The Morgan fingerprint density at radius 1 is 0.656 bits per heavy atom. The molecule has 10 N–H and O–H groups in total. The van der Waals surface area contributed by atoms with Crippen LogP contribution in [0.4, 0.5) is 13.2 Å². The van der Waals surface area contributed by atoms with Gasteiger partial charge in [-0.25, -0.2) is 13.2 Å². The average Bonchev–Trinajstić information content (AvgIpc) is 1.72. The van der Waals surface area contributed by atoms with Gasteiger partial charge in [-0.05, 0) is 136 Å². The van der Waals surface area contributed by atoms with E-state index in [-0.39, 0.29) is 51.1 Å². The zero-order valence-corrected chi connectivity index (χ0v) is 50.5. The van der Waals surface area contributed by atoms with Crippen LogP contribution in [0.25, 0.3) is 21.8 Å². The molecule has 4 aromatic carbocycles. The highest BCUT2D eigenvalue weighted by atomic mass is 19.1. The number of carbonyl (C=O) groups excluding carboxylic acids is 9. The Kier molecular flexibility index (Phi) is 21.0. The van der Waals surface area contributed by atoms with E-state index in [9.17, 15) is 52.2 Å². The third kappa shape index (κ3) is 15.6. The van der Waals surface area contributed by atoms with Crippen LogP contribution in [0.15, 0.2) is 97.3 Å². The lowest BCUT2D eigenvalue weighted by Gasteiger charge is -2.37. The highest BCUT2D eigenvalue weighted by molar-refractivity contribution is 6.00. The zero-order chi connectivity index (χ0) is 64.4. The molecule has 2 aromatic heterocycles. The van der Waals surface area contributed by atoms with Gasteiger partial charge in [0.2, 0.25) is 47.3 Å². The first-order chi connectivity index (χ1) is 43.1. The Morgan fingerprint density at radius 2 is 1.32 bits per heavy atom. The molecule has 0 aliphatic carbocycles. The largest absolute Gasteiger partial charge is 0.497 e. The van der Waals surface area contributed by atoms with Crippen molar-refractivity contribution in [1.29, 1.82) is 0 Å². The summed E-state index contributed by atoms with van der Waals surface area (Å²) in [6.07, 6.45) is 0.803. The highest BCUT2D eigenvalue weighted by Crippen LogP contribution is 2.32. The minimum atomic E-state index is -1.82. The van der Waals surface area contributed by atoms with E-state index in [1.807, 2.05) is 0 Å². The van der Waals surface area contributed by atoms with E-state index in [4.69, 9.17) is 4.74 Å². The number of benzene rings is 4. The Hall–Kier alpha value is -9.26. The van der Waals surface area contributed by atoms with Crippen molar-refractivity contribution < 1.29 is 66.2 Å². The van der Waals surface area contributed by atoms with Gasteiger partial charge in [0.1, 0.15) is 65.3 Å². The number of H-pyrrole nitrogens is 2. The van der Waals surface area contributed by atoms with E-state index in [1.54, 1.807) is 55.5 Å². The van der Waals surface area contributed by atoms with Gasteiger partial charge in [0, 0.05) is 91.5 Å². The first-order valence-electron chi connectivity index (χ1n) is 30.3. The van der Waals surface area contributed by atoms with Gasteiger partial charge in [0.25, 0.3) is 5.91 Å². The number of aliphatic hydroxyl groups is 1. The minimum absolute atomic E-state index is 0.0200. The number of rotatable bonds is 8. The molecule has 4 aliphatic heterocycles. The molecule has 10 rings (SSSR count). The maximum Gasteiger partial charge on any atom is 0.251 e. The highest BCUT2D eigenvalue weighted by Gasteiger charge is 2.49. The molecule has 0 unspecified atom stereocenters. The SMILES string of the molecule is COc1ccc(C[C@@H]2NC(=O)[C@H]([C@H](C)O)NC(=O)[C@@H]3C[C@H](F)CN3C(=O)[C@H](Cc3c[nH]c4cc(F)ccc34)NC(=O)[C@H](Cc3c[nH]c4ccc(F)cc34)NC(=O)[C@@H](C)NC(=O)CCCCCNC(=O)c3ccc(cc3)CCNC(=O)[C@]3(C)CCCN3C2=O)cc1. The maximum absolute atomic E-state index is 16.0. The molecule has 6 aromatic rings. The monoisotopic (exact) mass is 1240 g/mol. The number of nitrogens with one attached hydrogen (secondary N) is 9. The predicted molar refractivity (Wildman–Crippen MR) is 326 cm³/mol. The Bertz CT molecular complexity index is 3640. The number of carbonyl (C=O) groups is 9. The fraction of sp³-hybridized carbons (Fsp3) is 0.431. The van der Waals surface area contributed by atoms with Gasteiger partial charge in [-0.1, -0.05) is 30.7 Å². The third-order valence-electron chi connectivity index (χ3n) is 17.1. The molecule has 25 heteroatoms. The molecule has 0 spiro atoms. The van der Waals surface area contributed by atoms with E-state index >= 15 is 9.18 Å².